The van der Waals surface area contributed by atoms with Gasteiger partial charge in [0.2, 0.25) is 0 Å². The Morgan fingerprint density at radius 3 is 2.41 bits per heavy atom. The minimum Gasteiger partial charge on any atom is -0.314 e. The molecule has 17 heavy (non-hydrogen) atoms. The van der Waals surface area contributed by atoms with E-state index in [1.54, 1.807) is 0 Å². The number of nitrogens with zero attached hydrogens (tertiary/aromatic N) is 1. The lowest BCUT2D eigenvalue weighted by molar-refractivity contribution is 0.131. The molecule has 2 rings (SSSR count). The van der Waals surface area contributed by atoms with Crippen LogP contribution >= 0.6 is 0 Å². The summed E-state index contributed by atoms with van der Waals surface area (Å²) in [6, 6.07) is 2.48. The summed E-state index contributed by atoms with van der Waals surface area (Å²) < 4.78 is 0. The highest BCUT2D eigenvalue weighted by atomic mass is 15.2. The summed E-state index contributed by atoms with van der Waals surface area (Å²) in [6.07, 6.45) is 9.23. The van der Waals surface area contributed by atoms with Crippen LogP contribution in [0.3, 0.4) is 0 Å². The van der Waals surface area contributed by atoms with Crippen molar-refractivity contribution in [2.75, 3.05) is 13.1 Å². The maximum atomic E-state index is 3.72. The van der Waals surface area contributed by atoms with Gasteiger partial charge in [-0.15, -0.1) is 0 Å². The topological polar surface area (TPSA) is 15.3 Å². The first-order chi connectivity index (χ1) is 8.20. The van der Waals surface area contributed by atoms with E-state index in [4.69, 9.17) is 0 Å². The van der Waals surface area contributed by atoms with Gasteiger partial charge in [-0.1, -0.05) is 18.6 Å². The number of nitrogens with one attached hydrogen (secondary N) is 1. The van der Waals surface area contributed by atoms with Crippen LogP contribution in [0, 0.1) is 0 Å². The van der Waals surface area contributed by atoms with Crippen LogP contribution in [0.4, 0.5) is 0 Å². The summed E-state index contributed by atoms with van der Waals surface area (Å²) in [6.45, 7) is 9.04. The first-order valence-electron chi connectivity index (χ1n) is 7.33. The Morgan fingerprint density at radius 2 is 1.88 bits per heavy atom. The van der Waals surface area contributed by atoms with E-state index >= 15 is 0 Å². The molecule has 98 valence electrons. The molecule has 0 spiro atoms. The van der Waals surface area contributed by atoms with Crippen molar-refractivity contribution in [3.05, 3.63) is 11.6 Å². The molecule has 2 aliphatic rings. The van der Waals surface area contributed by atoms with Crippen LogP contribution in [-0.2, 0) is 0 Å². The average Bonchev–Trinajstić information content (AvgIpc) is 2.54. The molecule has 0 radical (unpaired) electrons. The molecule has 0 aromatic rings. The van der Waals surface area contributed by atoms with Crippen LogP contribution in [-0.4, -0.2) is 36.1 Å². The van der Waals surface area contributed by atoms with Gasteiger partial charge in [0.1, 0.15) is 0 Å². The van der Waals surface area contributed by atoms with Gasteiger partial charge < -0.3 is 5.32 Å². The van der Waals surface area contributed by atoms with Crippen LogP contribution in [0.15, 0.2) is 11.6 Å². The third kappa shape index (κ3) is 3.32. The molecular weight excluding hydrogens is 208 g/mol. The molecule has 1 N–H and O–H groups in total. The minimum absolute atomic E-state index is 0.787. The lowest BCUT2D eigenvalue weighted by Crippen LogP contribution is -2.49. The maximum Gasteiger partial charge on any atom is 0.0171 e. The second-order valence-corrected chi connectivity index (χ2v) is 5.99. The van der Waals surface area contributed by atoms with Crippen LogP contribution in [0.2, 0.25) is 0 Å². The lowest BCUT2D eigenvalue weighted by atomic mass is 9.97. The number of rotatable bonds is 5. The van der Waals surface area contributed by atoms with Crippen LogP contribution in [0.25, 0.3) is 0 Å². The summed E-state index contributed by atoms with van der Waals surface area (Å²) >= 11 is 0. The largest absolute Gasteiger partial charge is 0.314 e. The predicted octanol–water partition coefficient (Wildman–Crippen LogP) is 2.95. The quantitative estimate of drug-likeness (QED) is 0.738. The molecule has 2 atom stereocenters. The Labute approximate surface area is 106 Å². The highest BCUT2D eigenvalue weighted by Gasteiger charge is 2.39. The number of hydrogen-bond donors (Lipinski definition) is 1. The Balaban J connectivity index is 1.87. The summed E-state index contributed by atoms with van der Waals surface area (Å²) in [5, 5.41) is 3.72. The van der Waals surface area contributed by atoms with Crippen molar-refractivity contribution in [2.24, 2.45) is 0 Å². The molecule has 2 saturated heterocycles. The van der Waals surface area contributed by atoms with Crippen molar-refractivity contribution in [1.29, 1.82) is 0 Å². The van der Waals surface area contributed by atoms with Gasteiger partial charge in [0.25, 0.3) is 0 Å². The zero-order valence-corrected chi connectivity index (χ0v) is 11.7. The van der Waals surface area contributed by atoms with Crippen molar-refractivity contribution in [1.82, 2.24) is 10.2 Å². The number of allylic oxidation sites excluding steroid dienone is 1. The number of piperidine rings is 1. The SMILES string of the molecule is CCCNC1CC2CCC(C1)N2CC=C(C)C. The van der Waals surface area contributed by atoms with Crippen molar-refractivity contribution < 1.29 is 0 Å². The fourth-order valence-corrected chi connectivity index (χ4v) is 3.38. The van der Waals surface area contributed by atoms with E-state index in [0.29, 0.717) is 0 Å². The molecule has 2 heteroatoms. The van der Waals surface area contributed by atoms with Gasteiger partial charge in [0.05, 0.1) is 0 Å². The first kappa shape index (κ1) is 13.1. The lowest BCUT2D eigenvalue weighted by Gasteiger charge is -2.38. The van der Waals surface area contributed by atoms with Gasteiger partial charge in [-0.25, -0.2) is 0 Å². The van der Waals surface area contributed by atoms with Crippen LogP contribution < -0.4 is 5.32 Å². The third-order valence-electron chi connectivity index (χ3n) is 4.28. The normalized spacial score (nSPS) is 32.8. The van der Waals surface area contributed by atoms with Crippen LogP contribution in [0.1, 0.15) is 52.9 Å². The molecule has 0 aromatic carbocycles. The molecule has 0 aromatic heterocycles. The standard InChI is InChI=1S/C15H28N2/c1-4-8-16-13-10-14-5-6-15(11-13)17(14)9-7-12(2)3/h7,13-16H,4-6,8-11H2,1-3H3. The maximum absolute atomic E-state index is 3.72. The monoisotopic (exact) mass is 236 g/mol. The molecule has 0 amide bonds. The molecule has 2 fully saturated rings. The van der Waals surface area contributed by atoms with Gasteiger partial charge >= 0.3 is 0 Å². The van der Waals surface area contributed by atoms with E-state index in [1.165, 1.54) is 50.8 Å². The van der Waals surface area contributed by atoms with Crippen molar-refractivity contribution in [2.45, 2.75) is 71.0 Å². The van der Waals surface area contributed by atoms with Gasteiger partial charge in [0, 0.05) is 24.7 Å². The Hall–Kier alpha value is -0.340. The number of hydrogen-bond acceptors (Lipinski definition) is 2. The highest BCUT2D eigenvalue weighted by Crippen LogP contribution is 2.35. The molecule has 2 heterocycles. The molecular formula is C15H28N2. The highest BCUT2D eigenvalue weighted by molar-refractivity contribution is 5.02. The molecule has 2 unspecified atom stereocenters. The van der Waals surface area contributed by atoms with Gasteiger partial charge in [0.15, 0.2) is 0 Å². The fraction of sp³-hybridized carbons (Fsp3) is 0.867. The Kier molecular flexibility index (Phi) is 4.63. The summed E-state index contributed by atoms with van der Waals surface area (Å²) in [5.41, 5.74) is 1.45. The first-order valence-corrected chi connectivity index (χ1v) is 7.33. The minimum atomic E-state index is 0.787. The predicted molar refractivity (Wildman–Crippen MR) is 74.3 cm³/mol. The molecule has 2 nitrogen and oxygen atoms in total. The zero-order valence-electron chi connectivity index (χ0n) is 11.7. The second kappa shape index (κ2) is 6.01. The summed E-state index contributed by atoms with van der Waals surface area (Å²) in [7, 11) is 0. The van der Waals surface area contributed by atoms with Crippen molar-refractivity contribution >= 4 is 0 Å². The van der Waals surface area contributed by atoms with Gasteiger partial charge in [-0.2, -0.15) is 0 Å². The van der Waals surface area contributed by atoms with E-state index in [0.717, 1.165) is 18.1 Å². The average molecular weight is 236 g/mol. The van der Waals surface area contributed by atoms with Crippen LogP contribution in [0.5, 0.6) is 0 Å². The van der Waals surface area contributed by atoms with E-state index in [9.17, 15) is 0 Å². The Bertz CT molecular complexity index is 254. The summed E-state index contributed by atoms with van der Waals surface area (Å²) in [4.78, 5) is 2.75. The van der Waals surface area contributed by atoms with Gasteiger partial charge in [-0.05, 0) is 52.5 Å². The molecule has 0 saturated carbocycles. The van der Waals surface area contributed by atoms with E-state index < -0.39 is 0 Å². The van der Waals surface area contributed by atoms with Crippen molar-refractivity contribution in [3.63, 3.8) is 0 Å². The zero-order chi connectivity index (χ0) is 12.3. The third-order valence-corrected chi connectivity index (χ3v) is 4.28. The second-order valence-electron chi connectivity index (χ2n) is 5.99. The molecule has 2 aliphatic heterocycles. The van der Waals surface area contributed by atoms with E-state index in [1.807, 2.05) is 0 Å². The summed E-state index contributed by atoms with van der Waals surface area (Å²) in [5.74, 6) is 0. The van der Waals surface area contributed by atoms with E-state index in [-0.39, 0.29) is 0 Å². The van der Waals surface area contributed by atoms with E-state index in [2.05, 4.69) is 37.1 Å². The molecule has 0 aliphatic carbocycles. The van der Waals surface area contributed by atoms with Crippen molar-refractivity contribution in [3.8, 4) is 0 Å². The fourth-order valence-electron chi connectivity index (χ4n) is 3.38. The number of fused-ring (bicyclic) bond motifs is 2. The Morgan fingerprint density at radius 1 is 1.24 bits per heavy atom. The smallest absolute Gasteiger partial charge is 0.0171 e. The molecule has 2 bridgehead atoms. The van der Waals surface area contributed by atoms with Gasteiger partial charge in [-0.3, -0.25) is 4.90 Å².